The van der Waals surface area contributed by atoms with E-state index in [9.17, 15) is 4.39 Å². The Bertz CT molecular complexity index is 822. The van der Waals surface area contributed by atoms with E-state index < -0.39 is 5.60 Å². The molecule has 1 aromatic heterocycles. The lowest BCUT2D eigenvalue weighted by Crippen LogP contribution is -2.19. The predicted octanol–water partition coefficient (Wildman–Crippen LogP) is 3.74. The third kappa shape index (κ3) is 2.52. The molecule has 1 unspecified atom stereocenters. The fraction of sp³-hybridized carbons (Fsp3) is 0.176. The lowest BCUT2D eigenvalue weighted by Gasteiger charge is -2.14. The summed E-state index contributed by atoms with van der Waals surface area (Å²) in [5.74, 6) is -0.278. The van der Waals surface area contributed by atoms with Crippen LogP contribution >= 0.6 is 11.6 Å². The normalized spacial score (nSPS) is 23.0. The number of hydrogen-bond acceptors (Lipinski definition) is 3. The molecule has 1 saturated heterocycles. The average molecular weight is 330 g/mol. The molecule has 1 aliphatic heterocycles. The number of epoxide rings is 1. The summed E-state index contributed by atoms with van der Waals surface area (Å²) in [6.07, 6.45) is 2.91. The molecule has 2 atom stereocenters. The largest absolute Gasteiger partial charge is 0.354 e. The maximum atomic E-state index is 13.3. The predicted molar refractivity (Wildman–Crippen MR) is 83.4 cm³/mol. The van der Waals surface area contributed by atoms with Crippen molar-refractivity contribution in [2.24, 2.45) is 0 Å². The fourth-order valence-corrected chi connectivity index (χ4v) is 3.13. The summed E-state index contributed by atoms with van der Waals surface area (Å²) in [7, 11) is 0. The molecule has 0 saturated carbocycles. The second-order valence-corrected chi connectivity index (χ2v) is 5.92. The van der Waals surface area contributed by atoms with Gasteiger partial charge in [0.15, 0.2) is 0 Å². The molecule has 4 rings (SSSR count). The number of halogens is 2. The molecule has 23 heavy (non-hydrogen) atoms. The van der Waals surface area contributed by atoms with Crippen LogP contribution in [0.1, 0.15) is 17.2 Å². The Kier molecular flexibility index (Phi) is 3.39. The molecule has 3 aromatic rings. The molecule has 0 bridgehead atoms. The van der Waals surface area contributed by atoms with E-state index in [0.717, 1.165) is 11.1 Å². The lowest BCUT2D eigenvalue weighted by atomic mass is 9.91. The highest BCUT2D eigenvalue weighted by molar-refractivity contribution is 6.31. The SMILES string of the molecule is Fc1ccc([C@]2(Cn3cncn3)OC2c2ccccc2Cl)cc1. The molecule has 1 aliphatic rings. The van der Waals surface area contributed by atoms with Gasteiger partial charge < -0.3 is 4.74 Å². The van der Waals surface area contributed by atoms with Gasteiger partial charge in [-0.05, 0) is 23.8 Å². The Balaban J connectivity index is 1.74. The second-order valence-electron chi connectivity index (χ2n) is 5.51. The van der Waals surface area contributed by atoms with Crippen molar-refractivity contribution in [3.05, 3.63) is 83.2 Å². The van der Waals surface area contributed by atoms with Gasteiger partial charge in [-0.3, -0.25) is 0 Å². The number of rotatable bonds is 4. The minimum atomic E-state index is -0.619. The van der Waals surface area contributed by atoms with Crippen LogP contribution in [0.3, 0.4) is 0 Å². The van der Waals surface area contributed by atoms with E-state index in [2.05, 4.69) is 10.1 Å². The molecule has 2 aromatic carbocycles. The molecule has 0 spiro atoms. The van der Waals surface area contributed by atoms with Gasteiger partial charge in [-0.15, -0.1) is 0 Å². The van der Waals surface area contributed by atoms with Gasteiger partial charge in [0, 0.05) is 10.6 Å². The van der Waals surface area contributed by atoms with Crippen LogP contribution in [-0.4, -0.2) is 14.8 Å². The van der Waals surface area contributed by atoms with Crippen molar-refractivity contribution in [2.45, 2.75) is 18.2 Å². The van der Waals surface area contributed by atoms with E-state index >= 15 is 0 Å². The standard InChI is InChI=1S/C17H13ClFN3O/c18-15-4-2-1-3-14(15)16-17(23-16,9-22-11-20-10-21-22)12-5-7-13(19)8-6-12/h1-8,10-11,16H,9H2/t16?,17-/m0/s1. The number of nitrogens with zero attached hydrogens (tertiary/aromatic N) is 3. The van der Waals surface area contributed by atoms with Crippen LogP contribution < -0.4 is 0 Å². The first kappa shape index (κ1) is 14.4. The highest BCUT2D eigenvalue weighted by atomic mass is 35.5. The van der Waals surface area contributed by atoms with Crippen LogP contribution in [0.5, 0.6) is 0 Å². The van der Waals surface area contributed by atoms with Crippen molar-refractivity contribution >= 4 is 11.6 Å². The monoisotopic (exact) mass is 329 g/mol. The van der Waals surface area contributed by atoms with Crippen LogP contribution in [0.15, 0.2) is 61.2 Å². The topological polar surface area (TPSA) is 43.2 Å². The summed E-state index contributed by atoms with van der Waals surface area (Å²) in [4.78, 5) is 3.97. The number of ether oxygens (including phenoxy) is 1. The van der Waals surface area contributed by atoms with Gasteiger partial charge in [0.05, 0.1) is 6.54 Å². The Hall–Kier alpha value is -2.24. The third-order valence-corrected chi connectivity index (χ3v) is 4.42. The quantitative estimate of drug-likeness (QED) is 0.685. The molecule has 4 nitrogen and oxygen atoms in total. The van der Waals surface area contributed by atoms with E-state index in [1.54, 1.807) is 23.1 Å². The minimum absolute atomic E-state index is 0.203. The first-order valence-electron chi connectivity index (χ1n) is 7.20. The second kappa shape index (κ2) is 5.44. The Morgan fingerprint density at radius 3 is 2.65 bits per heavy atom. The highest BCUT2D eigenvalue weighted by Crippen LogP contribution is 2.59. The molecule has 116 valence electrons. The van der Waals surface area contributed by atoms with Crippen LogP contribution in [0.4, 0.5) is 4.39 Å². The van der Waals surface area contributed by atoms with Crippen molar-refractivity contribution in [3.63, 3.8) is 0 Å². The van der Waals surface area contributed by atoms with E-state index in [1.807, 2.05) is 24.3 Å². The molecule has 0 N–H and O–H groups in total. The fourth-order valence-electron chi connectivity index (χ4n) is 2.90. The maximum Gasteiger partial charge on any atom is 0.144 e. The Morgan fingerprint density at radius 1 is 1.17 bits per heavy atom. The van der Waals surface area contributed by atoms with Gasteiger partial charge in [-0.1, -0.05) is 41.9 Å². The first-order chi connectivity index (χ1) is 11.2. The molecule has 1 fully saturated rings. The molecule has 2 heterocycles. The average Bonchev–Trinajstić information content (AvgIpc) is 3.02. The smallest absolute Gasteiger partial charge is 0.144 e. The lowest BCUT2D eigenvalue weighted by molar-refractivity contribution is 0.262. The molecule has 6 heteroatoms. The summed E-state index contributed by atoms with van der Waals surface area (Å²) in [5.41, 5.74) is 1.18. The summed E-state index contributed by atoms with van der Waals surface area (Å²) in [6, 6.07) is 13.9. The van der Waals surface area contributed by atoms with Crippen molar-refractivity contribution in [3.8, 4) is 0 Å². The molecular formula is C17H13ClFN3O. The van der Waals surface area contributed by atoms with Gasteiger partial charge in [0.25, 0.3) is 0 Å². The summed E-state index contributed by atoms with van der Waals surface area (Å²) < 4.78 is 21.1. The molecular weight excluding hydrogens is 317 g/mol. The van der Waals surface area contributed by atoms with E-state index in [-0.39, 0.29) is 11.9 Å². The van der Waals surface area contributed by atoms with Crippen molar-refractivity contribution in [1.29, 1.82) is 0 Å². The highest BCUT2D eigenvalue weighted by Gasteiger charge is 2.59. The van der Waals surface area contributed by atoms with E-state index in [4.69, 9.17) is 16.3 Å². The number of hydrogen-bond donors (Lipinski definition) is 0. The number of aromatic nitrogens is 3. The Labute approximate surface area is 137 Å². The number of benzene rings is 2. The van der Waals surface area contributed by atoms with Gasteiger partial charge in [0.1, 0.15) is 30.2 Å². The minimum Gasteiger partial charge on any atom is -0.354 e. The maximum absolute atomic E-state index is 13.3. The summed E-state index contributed by atoms with van der Waals surface area (Å²) in [6.45, 7) is 0.481. The molecule has 0 aliphatic carbocycles. The summed E-state index contributed by atoms with van der Waals surface area (Å²) in [5, 5.41) is 4.81. The van der Waals surface area contributed by atoms with Crippen LogP contribution in [0, 0.1) is 5.82 Å². The van der Waals surface area contributed by atoms with E-state index in [0.29, 0.717) is 11.6 Å². The van der Waals surface area contributed by atoms with Gasteiger partial charge in [0.2, 0.25) is 0 Å². The van der Waals surface area contributed by atoms with Crippen molar-refractivity contribution in [2.75, 3.05) is 0 Å². The Morgan fingerprint density at radius 2 is 1.96 bits per heavy atom. The van der Waals surface area contributed by atoms with Crippen molar-refractivity contribution < 1.29 is 9.13 Å². The van der Waals surface area contributed by atoms with E-state index in [1.165, 1.54) is 18.5 Å². The zero-order valence-electron chi connectivity index (χ0n) is 12.1. The zero-order chi connectivity index (χ0) is 15.9. The van der Waals surface area contributed by atoms with Gasteiger partial charge in [-0.2, -0.15) is 5.10 Å². The molecule has 0 radical (unpaired) electrons. The van der Waals surface area contributed by atoms with Crippen molar-refractivity contribution in [1.82, 2.24) is 14.8 Å². The first-order valence-corrected chi connectivity index (χ1v) is 7.57. The molecule has 0 amide bonds. The zero-order valence-corrected chi connectivity index (χ0v) is 12.8. The van der Waals surface area contributed by atoms with Gasteiger partial charge >= 0.3 is 0 Å². The van der Waals surface area contributed by atoms with Gasteiger partial charge in [-0.25, -0.2) is 14.1 Å². The summed E-state index contributed by atoms with van der Waals surface area (Å²) >= 11 is 6.31. The van der Waals surface area contributed by atoms with Crippen LogP contribution in [0.25, 0.3) is 0 Å². The van der Waals surface area contributed by atoms with Crippen LogP contribution in [0.2, 0.25) is 5.02 Å². The third-order valence-electron chi connectivity index (χ3n) is 4.08. The van der Waals surface area contributed by atoms with Crippen LogP contribution in [-0.2, 0) is 16.9 Å².